The van der Waals surface area contributed by atoms with E-state index in [9.17, 15) is 9.59 Å². The molecule has 1 aromatic rings. The third-order valence-corrected chi connectivity index (χ3v) is 3.53. The number of nitrogens with zero attached hydrogens (tertiary/aromatic N) is 1. The number of carbonyl (C=O) groups is 2. The summed E-state index contributed by atoms with van der Waals surface area (Å²) in [4.78, 5) is 23.9. The number of rotatable bonds is 4. The average Bonchev–Trinajstić information content (AvgIpc) is 2.59. The van der Waals surface area contributed by atoms with Gasteiger partial charge in [0.2, 0.25) is 0 Å². The highest BCUT2D eigenvalue weighted by atomic mass is 35.5. The van der Waals surface area contributed by atoms with E-state index in [1.54, 1.807) is 24.3 Å². The van der Waals surface area contributed by atoms with Crippen molar-refractivity contribution in [2.24, 2.45) is 0 Å². The van der Waals surface area contributed by atoms with Crippen LogP contribution < -0.4 is 0 Å². The van der Waals surface area contributed by atoms with Crippen molar-refractivity contribution in [2.75, 3.05) is 5.75 Å². The lowest BCUT2D eigenvalue weighted by atomic mass is 10.1. The highest BCUT2D eigenvalue weighted by molar-refractivity contribution is 7.98. The second kappa shape index (κ2) is 5.59. The lowest BCUT2D eigenvalue weighted by molar-refractivity contribution is 0.0777. The Morgan fingerprint density at radius 3 is 2.33 bits per heavy atom. The number of halogens is 1. The van der Waals surface area contributed by atoms with E-state index in [4.69, 9.17) is 11.6 Å². The Labute approximate surface area is 115 Å². The second-order valence-corrected chi connectivity index (χ2v) is 5.50. The Hall–Kier alpha value is -1.26. The molecule has 2 rings (SSSR count). The van der Waals surface area contributed by atoms with Crippen LogP contribution >= 0.6 is 23.5 Å². The van der Waals surface area contributed by atoms with Crippen LogP contribution in [-0.4, -0.2) is 27.2 Å². The molecule has 18 heavy (non-hydrogen) atoms. The van der Waals surface area contributed by atoms with Crippen LogP contribution in [0, 0.1) is 0 Å². The van der Waals surface area contributed by atoms with Crippen molar-refractivity contribution < 1.29 is 9.59 Å². The van der Waals surface area contributed by atoms with Gasteiger partial charge in [-0.1, -0.05) is 24.3 Å². The quantitative estimate of drug-likeness (QED) is 0.368. The highest BCUT2D eigenvalue weighted by Crippen LogP contribution is 2.28. The molecule has 1 atom stereocenters. The molecule has 0 saturated heterocycles. The van der Waals surface area contributed by atoms with Crippen LogP contribution in [0.1, 0.15) is 27.6 Å². The van der Waals surface area contributed by atoms with Crippen LogP contribution in [0.15, 0.2) is 36.4 Å². The number of hydrogen-bond acceptors (Lipinski definition) is 3. The highest BCUT2D eigenvalue weighted by Gasteiger charge is 2.35. The SMILES string of the molecule is C[C@H](Cl)/C=C/CSN1C(=O)c2ccccc2C1=O. The summed E-state index contributed by atoms with van der Waals surface area (Å²) < 4.78 is 1.20. The number of amides is 2. The zero-order valence-electron chi connectivity index (χ0n) is 9.80. The normalized spacial score (nSPS) is 16.4. The molecule has 2 amide bonds. The molecule has 1 aromatic carbocycles. The van der Waals surface area contributed by atoms with Crippen molar-refractivity contribution >= 4 is 35.4 Å². The molecule has 1 heterocycles. The zero-order chi connectivity index (χ0) is 13.1. The van der Waals surface area contributed by atoms with Gasteiger partial charge in [-0.3, -0.25) is 9.59 Å². The van der Waals surface area contributed by atoms with Crippen LogP contribution in [0.2, 0.25) is 0 Å². The molecule has 0 spiro atoms. The van der Waals surface area contributed by atoms with E-state index in [0.717, 1.165) is 0 Å². The molecule has 1 aliphatic rings. The lowest BCUT2D eigenvalue weighted by Gasteiger charge is -2.10. The first-order valence-electron chi connectivity index (χ1n) is 5.52. The van der Waals surface area contributed by atoms with Crippen molar-refractivity contribution in [1.29, 1.82) is 0 Å². The molecule has 0 bridgehead atoms. The van der Waals surface area contributed by atoms with Gasteiger partial charge in [-0.25, -0.2) is 4.31 Å². The zero-order valence-corrected chi connectivity index (χ0v) is 11.4. The summed E-state index contributed by atoms with van der Waals surface area (Å²) in [5.41, 5.74) is 0.953. The Balaban J connectivity index is 2.05. The third-order valence-electron chi connectivity index (χ3n) is 2.46. The number of carbonyl (C=O) groups excluding carboxylic acids is 2. The molecule has 94 valence electrons. The summed E-state index contributed by atoms with van der Waals surface area (Å²) in [7, 11) is 0. The van der Waals surface area contributed by atoms with Gasteiger partial charge in [-0.2, -0.15) is 0 Å². The largest absolute Gasteiger partial charge is 0.271 e. The van der Waals surface area contributed by atoms with Crippen molar-refractivity contribution in [1.82, 2.24) is 4.31 Å². The van der Waals surface area contributed by atoms with Gasteiger partial charge in [0.05, 0.1) is 11.1 Å². The molecule has 3 nitrogen and oxygen atoms in total. The Kier molecular flexibility index (Phi) is 4.09. The number of hydrogen-bond donors (Lipinski definition) is 0. The van der Waals surface area contributed by atoms with Crippen LogP contribution in [-0.2, 0) is 0 Å². The van der Waals surface area contributed by atoms with E-state index in [0.29, 0.717) is 16.9 Å². The number of alkyl halides is 1. The lowest BCUT2D eigenvalue weighted by Crippen LogP contribution is -2.22. The molecule has 0 unspecified atom stereocenters. The summed E-state index contributed by atoms with van der Waals surface area (Å²) in [6.45, 7) is 1.85. The minimum Gasteiger partial charge on any atom is -0.268 e. The summed E-state index contributed by atoms with van der Waals surface area (Å²) in [6, 6.07) is 6.86. The fraction of sp³-hybridized carbons (Fsp3) is 0.231. The molecule has 0 fully saturated rings. The minimum atomic E-state index is -0.243. The van der Waals surface area contributed by atoms with E-state index >= 15 is 0 Å². The fourth-order valence-electron chi connectivity index (χ4n) is 1.65. The van der Waals surface area contributed by atoms with Gasteiger partial charge in [-0.05, 0) is 31.0 Å². The topological polar surface area (TPSA) is 37.4 Å². The molecule has 0 saturated carbocycles. The first-order valence-corrected chi connectivity index (χ1v) is 6.90. The van der Waals surface area contributed by atoms with Gasteiger partial charge < -0.3 is 0 Å². The van der Waals surface area contributed by atoms with Crippen molar-refractivity contribution in [3.05, 3.63) is 47.5 Å². The maximum atomic E-state index is 12.0. The predicted molar refractivity (Wildman–Crippen MR) is 73.9 cm³/mol. The number of imide groups is 1. The van der Waals surface area contributed by atoms with Gasteiger partial charge in [-0.15, -0.1) is 11.6 Å². The van der Waals surface area contributed by atoms with Crippen molar-refractivity contribution in [2.45, 2.75) is 12.3 Å². The summed E-state index contributed by atoms with van der Waals surface area (Å²) in [6.07, 6.45) is 3.68. The van der Waals surface area contributed by atoms with E-state index in [1.165, 1.54) is 16.3 Å². The average molecular weight is 282 g/mol. The summed E-state index contributed by atoms with van der Waals surface area (Å²) >= 11 is 6.95. The second-order valence-electron chi connectivity index (χ2n) is 3.85. The molecule has 0 aromatic heterocycles. The van der Waals surface area contributed by atoms with Gasteiger partial charge in [0.15, 0.2) is 0 Å². The van der Waals surface area contributed by atoms with Gasteiger partial charge >= 0.3 is 0 Å². The van der Waals surface area contributed by atoms with Gasteiger partial charge in [0.25, 0.3) is 11.8 Å². The van der Waals surface area contributed by atoms with Crippen molar-refractivity contribution in [3.63, 3.8) is 0 Å². The Bertz CT molecular complexity index is 478. The number of fused-ring (bicyclic) bond motifs is 1. The first kappa shape index (κ1) is 13.2. The number of benzene rings is 1. The van der Waals surface area contributed by atoms with E-state index in [-0.39, 0.29) is 17.2 Å². The predicted octanol–water partition coefficient (Wildman–Crippen LogP) is 3.11. The van der Waals surface area contributed by atoms with Gasteiger partial charge in [0.1, 0.15) is 0 Å². The third kappa shape index (κ3) is 2.60. The molecular formula is C13H12ClNO2S. The first-order chi connectivity index (χ1) is 8.61. The standard InChI is InChI=1S/C13H12ClNO2S/c1-9(14)5-4-8-18-15-12(16)10-6-2-3-7-11(10)13(15)17/h2-7,9H,8H2,1H3/b5-4+/t9-/m0/s1. The van der Waals surface area contributed by atoms with Crippen LogP contribution in [0.25, 0.3) is 0 Å². The molecule has 0 radical (unpaired) electrons. The summed E-state index contributed by atoms with van der Waals surface area (Å²) in [5, 5.41) is -0.0484. The maximum absolute atomic E-state index is 12.0. The smallest absolute Gasteiger partial charge is 0.268 e. The van der Waals surface area contributed by atoms with Crippen LogP contribution in [0.3, 0.4) is 0 Å². The van der Waals surface area contributed by atoms with Crippen molar-refractivity contribution in [3.8, 4) is 0 Å². The Morgan fingerprint density at radius 1 is 1.28 bits per heavy atom. The van der Waals surface area contributed by atoms with E-state index in [2.05, 4.69) is 0 Å². The van der Waals surface area contributed by atoms with Gasteiger partial charge in [0, 0.05) is 11.1 Å². The van der Waals surface area contributed by atoms with Crippen LogP contribution in [0.5, 0.6) is 0 Å². The van der Waals surface area contributed by atoms with Crippen LogP contribution in [0.4, 0.5) is 0 Å². The minimum absolute atomic E-state index is 0.0484. The molecule has 1 aliphatic heterocycles. The van der Waals surface area contributed by atoms with E-state index < -0.39 is 0 Å². The fourth-order valence-corrected chi connectivity index (χ4v) is 2.53. The maximum Gasteiger partial charge on any atom is 0.271 e. The molecule has 0 N–H and O–H groups in total. The molecule has 5 heteroatoms. The summed E-state index contributed by atoms with van der Waals surface area (Å²) in [5.74, 6) is 0.0588. The Morgan fingerprint density at radius 2 is 1.83 bits per heavy atom. The molecule has 0 aliphatic carbocycles. The monoisotopic (exact) mass is 281 g/mol. The van der Waals surface area contributed by atoms with E-state index in [1.807, 2.05) is 19.1 Å². The number of allylic oxidation sites excluding steroid dienone is 1. The molecular weight excluding hydrogens is 270 g/mol.